The molecule has 1 fully saturated rings. The van der Waals surface area contributed by atoms with Gasteiger partial charge >= 0.3 is 6.09 Å². The van der Waals surface area contributed by atoms with Crippen LogP contribution in [0.15, 0.2) is 72.8 Å². The molecule has 1 saturated carbocycles. The number of nitrogens with one attached hydrogen (secondary N) is 2. The third kappa shape index (κ3) is 6.62. The minimum atomic E-state index is -0.433. The van der Waals surface area contributed by atoms with Gasteiger partial charge in [-0.25, -0.2) is 9.78 Å². The van der Waals surface area contributed by atoms with Gasteiger partial charge in [0.15, 0.2) is 0 Å². The van der Waals surface area contributed by atoms with E-state index in [2.05, 4.69) is 41.5 Å². The molecule has 0 radical (unpaired) electrons. The van der Waals surface area contributed by atoms with Crippen LogP contribution in [0.5, 0.6) is 0 Å². The number of rotatable bonds is 9. The summed E-state index contributed by atoms with van der Waals surface area (Å²) in [6, 6.07) is 23.4. The van der Waals surface area contributed by atoms with Crippen LogP contribution < -0.4 is 5.32 Å². The lowest BCUT2D eigenvalue weighted by atomic mass is 9.93. The van der Waals surface area contributed by atoms with Gasteiger partial charge in [-0.15, -0.1) is 0 Å². The quantitative estimate of drug-likeness (QED) is 0.204. The molecule has 43 heavy (non-hydrogen) atoms. The normalized spacial score (nSPS) is 15.8. The molecule has 1 aliphatic carbocycles. The zero-order valence-corrected chi connectivity index (χ0v) is 25.2. The van der Waals surface area contributed by atoms with E-state index < -0.39 is 6.09 Å². The van der Waals surface area contributed by atoms with Crippen LogP contribution in [-0.2, 0) is 24.0 Å². The predicted octanol–water partition coefficient (Wildman–Crippen LogP) is 8.16. The van der Waals surface area contributed by atoms with Crippen LogP contribution in [0.4, 0.5) is 10.5 Å². The molecule has 0 spiro atoms. The highest BCUT2D eigenvalue weighted by atomic mass is 35.5. The SMILES string of the molecule is CCCc1ccc2c(c1)CCN(C(Cc1ccccc1)c1nc(-c3ccc(NC(=O)OC4CCCC4)cc3)c(Cl)[nH]1)C2=O. The first-order valence-corrected chi connectivity index (χ1v) is 15.7. The van der Waals surface area contributed by atoms with Crippen LogP contribution in [0.2, 0.25) is 5.15 Å². The summed E-state index contributed by atoms with van der Waals surface area (Å²) in [4.78, 5) is 36.4. The van der Waals surface area contributed by atoms with Gasteiger partial charge in [-0.1, -0.05) is 79.5 Å². The van der Waals surface area contributed by atoms with Gasteiger partial charge in [-0.05, 0) is 73.4 Å². The number of carbonyl (C=O) groups is 2. The first kappa shape index (κ1) is 29.0. The average Bonchev–Trinajstić information content (AvgIpc) is 3.67. The minimum Gasteiger partial charge on any atom is -0.446 e. The van der Waals surface area contributed by atoms with Gasteiger partial charge in [0.05, 0.1) is 6.04 Å². The highest BCUT2D eigenvalue weighted by molar-refractivity contribution is 6.31. The maximum absolute atomic E-state index is 13.9. The Kier molecular flexibility index (Phi) is 8.79. The smallest absolute Gasteiger partial charge is 0.411 e. The van der Waals surface area contributed by atoms with E-state index in [4.69, 9.17) is 21.3 Å². The summed E-state index contributed by atoms with van der Waals surface area (Å²) >= 11 is 6.74. The number of benzene rings is 3. The van der Waals surface area contributed by atoms with Crippen molar-refractivity contribution >= 4 is 29.3 Å². The van der Waals surface area contributed by atoms with E-state index in [0.717, 1.165) is 67.2 Å². The summed E-state index contributed by atoms with van der Waals surface area (Å²) in [5, 5.41) is 3.22. The number of carbonyl (C=O) groups excluding carboxylic acids is 2. The Morgan fingerprint density at radius 2 is 1.84 bits per heavy atom. The number of amides is 2. The molecule has 6 rings (SSSR count). The Morgan fingerprint density at radius 3 is 2.58 bits per heavy atom. The lowest BCUT2D eigenvalue weighted by Crippen LogP contribution is -2.41. The third-order valence-corrected chi connectivity index (χ3v) is 8.72. The first-order valence-electron chi connectivity index (χ1n) is 15.3. The van der Waals surface area contributed by atoms with Crippen LogP contribution in [0.1, 0.15) is 77.9 Å². The monoisotopic (exact) mass is 596 g/mol. The van der Waals surface area contributed by atoms with Gasteiger partial charge in [-0.2, -0.15) is 0 Å². The van der Waals surface area contributed by atoms with Gasteiger partial charge in [0, 0.05) is 29.8 Å². The fraction of sp³-hybridized carbons (Fsp3) is 0.343. The maximum atomic E-state index is 13.9. The van der Waals surface area contributed by atoms with Crippen LogP contribution in [0.25, 0.3) is 11.3 Å². The summed E-state index contributed by atoms with van der Waals surface area (Å²) < 4.78 is 5.51. The molecular formula is C35H37ClN4O3. The number of aromatic nitrogens is 2. The van der Waals surface area contributed by atoms with E-state index in [1.807, 2.05) is 53.4 Å². The van der Waals surface area contributed by atoms with Crippen LogP contribution in [-0.4, -0.2) is 39.5 Å². The topological polar surface area (TPSA) is 87.3 Å². The molecular weight excluding hydrogens is 560 g/mol. The van der Waals surface area contributed by atoms with E-state index in [0.29, 0.717) is 35.3 Å². The van der Waals surface area contributed by atoms with Crippen LogP contribution >= 0.6 is 11.6 Å². The van der Waals surface area contributed by atoms with Gasteiger partial charge in [-0.3, -0.25) is 10.1 Å². The van der Waals surface area contributed by atoms with Crippen molar-refractivity contribution in [1.82, 2.24) is 14.9 Å². The fourth-order valence-corrected chi connectivity index (χ4v) is 6.48. The van der Waals surface area contributed by atoms with Crippen LogP contribution in [0, 0.1) is 0 Å². The van der Waals surface area contributed by atoms with Gasteiger partial charge in [0.2, 0.25) is 0 Å². The summed E-state index contributed by atoms with van der Waals surface area (Å²) in [5.74, 6) is 0.657. The van der Waals surface area contributed by atoms with Crippen molar-refractivity contribution in [3.8, 4) is 11.3 Å². The number of fused-ring (bicyclic) bond motifs is 1. The molecule has 222 valence electrons. The van der Waals surface area contributed by atoms with Crippen molar-refractivity contribution in [3.63, 3.8) is 0 Å². The number of hydrogen-bond donors (Lipinski definition) is 2. The number of nitrogens with zero attached hydrogens (tertiary/aromatic N) is 2. The number of hydrogen-bond acceptors (Lipinski definition) is 4. The molecule has 8 heteroatoms. The highest BCUT2D eigenvalue weighted by Crippen LogP contribution is 2.34. The number of aryl methyl sites for hydroxylation is 1. The zero-order chi connectivity index (χ0) is 29.8. The Morgan fingerprint density at radius 1 is 1.07 bits per heavy atom. The van der Waals surface area contributed by atoms with Gasteiger partial charge in [0.1, 0.15) is 22.8 Å². The van der Waals surface area contributed by atoms with Crippen molar-refractivity contribution in [1.29, 1.82) is 0 Å². The van der Waals surface area contributed by atoms with E-state index in [1.54, 1.807) is 0 Å². The number of H-pyrrole nitrogens is 1. The number of halogens is 1. The molecule has 2 amide bonds. The van der Waals surface area contributed by atoms with E-state index in [9.17, 15) is 9.59 Å². The summed E-state index contributed by atoms with van der Waals surface area (Å²) in [5.41, 5.74) is 6.31. The van der Waals surface area contributed by atoms with E-state index in [1.165, 1.54) is 5.56 Å². The molecule has 0 saturated heterocycles. The second kappa shape index (κ2) is 13.0. The third-order valence-electron chi connectivity index (χ3n) is 8.44. The standard InChI is InChI=1S/C35H37ClN4O3/c1-2-8-23-13-18-29-26(21-23)19-20-40(34(29)41)30(22-24-9-4-3-5-10-24)33-38-31(32(36)39-33)25-14-16-27(17-15-25)37-35(42)43-28-11-6-7-12-28/h3-5,9-10,13-18,21,28,30H,2,6-8,11-12,19-20,22H2,1H3,(H,37,42)(H,38,39). The highest BCUT2D eigenvalue weighted by Gasteiger charge is 2.33. The maximum Gasteiger partial charge on any atom is 0.411 e. The summed E-state index contributed by atoms with van der Waals surface area (Å²) in [6.07, 6.45) is 7.10. The second-order valence-electron chi connectivity index (χ2n) is 11.5. The molecule has 4 aromatic rings. The Bertz CT molecular complexity index is 1580. The number of anilines is 1. The Hall–Kier alpha value is -4.10. The first-order chi connectivity index (χ1) is 21.0. The predicted molar refractivity (Wildman–Crippen MR) is 169 cm³/mol. The van der Waals surface area contributed by atoms with Crippen LogP contribution in [0.3, 0.4) is 0 Å². The molecule has 7 nitrogen and oxygen atoms in total. The Balaban J connectivity index is 1.24. The molecule has 1 aliphatic heterocycles. The number of imidazole rings is 1. The fourth-order valence-electron chi connectivity index (χ4n) is 6.23. The second-order valence-corrected chi connectivity index (χ2v) is 11.9. The molecule has 1 aromatic heterocycles. The van der Waals surface area contributed by atoms with Crippen molar-refractivity contribution in [2.75, 3.05) is 11.9 Å². The summed E-state index contributed by atoms with van der Waals surface area (Å²) in [6.45, 7) is 2.77. The lowest BCUT2D eigenvalue weighted by Gasteiger charge is -2.35. The molecule has 2 aliphatic rings. The van der Waals surface area contributed by atoms with Crippen molar-refractivity contribution in [3.05, 3.63) is 106 Å². The Labute approximate surface area is 257 Å². The molecule has 0 bridgehead atoms. The van der Waals surface area contributed by atoms with E-state index >= 15 is 0 Å². The number of aromatic amines is 1. The minimum absolute atomic E-state index is 0.00295. The van der Waals surface area contributed by atoms with Crippen molar-refractivity contribution in [2.24, 2.45) is 0 Å². The molecule has 2 heterocycles. The zero-order valence-electron chi connectivity index (χ0n) is 24.4. The van der Waals surface area contributed by atoms with Gasteiger partial charge < -0.3 is 14.6 Å². The van der Waals surface area contributed by atoms with Crippen molar-refractivity contribution in [2.45, 2.75) is 70.4 Å². The molecule has 1 atom stereocenters. The number of ether oxygens (including phenoxy) is 1. The average molecular weight is 597 g/mol. The largest absolute Gasteiger partial charge is 0.446 e. The van der Waals surface area contributed by atoms with Crippen molar-refractivity contribution < 1.29 is 14.3 Å². The lowest BCUT2D eigenvalue weighted by molar-refractivity contribution is 0.0648. The van der Waals surface area contributed by atoms with Gasteiger partial charge in [0.25, 0.3) is 5.91 Å². The van der Waals surface area contributed by atoms with E-state index in [-0.39, 0.29) is 18.1 Å². The summed E-state index contributed by atoms with van der Waals surface area (Å²) in [7, 11) is 0. The molecule has 2 N–H and O–H groups in total. The molecule has 1 unspecified atom stereocenters. The molecule has 3 aromatic carbocycles.